The Labute approximate surface area is 142 Å². The van der Waals surface area contributed by atoms with Crippen molar-refractivity contribution in [3.63, 3.8) is 0 Å². The normalized spacial score (nSPS) is 16.7. The number of benzene rings is 1. The molecule has 0 radical (unpaired) electrons. The first-order chi connectivity index (χ1) is 11.1. The van der Waals surface area contributed by atoms with Gasteiger partial charge in [0.25, 0.3) is 0 Å². The van der Waals surface area contributed by atoms with E-state index in [9.17, 15) is 9.90 Å². The van der Waals surface area contributed by atoms with Crippen LogP contribution >= 0.6 is 11.6 Å². The number of rotatable bonds is 10. The van der Waals surface area contributed by atoms with E-state index in [0.717, 1.165) is 31.0 Å². The highest BCUT2D eigenvalue weighted by Crippen LogP contribution is 2.36. The van der Waals surface area contributed by atoms with Crippen LogP contribution in [0.2, 0.25) is 5.02 Å². The van der Waals surface area contributed by atoms with Crippen LogP contribution in [0.15, 0.2) is 18.2 Å². The van der Waals surface area contributed by atoms with Crippen molar-refractivity contribution in [2.75, 3.05) is 23.4 Å². The molecule has 1 fully saturated rings. The van der Waals surface area contributed by atoms with E-state index in [-0.39, 0.29) is 18.7 Å². The lowest BCUT2D eigenvalue weighted by atomic mass is 10.0. The smallest absolute Gasteiger partial charge is 0.211 e. The predicted octanol–water partition coefficient (Wildman–Crippen LogP) is 2.61. The van der Waals surface area contributed by atoms with E-state index >= 15 is 0 Å². The molecule has 0 aliphatic heterocycles. The van der Waals surface area contributed by atoms with E-state index in [4.69, 9.17) is 17.3 Å². The zero-order valence-electron chi connectivity index (χ0n) is 13.5. The minimum absolute atomic E-state index is 0.0250. The number of hydrogen-bond donors (Lipinski definition) is 3. The molecule has 1 amide bonds. The van der Waals surface area contributed by atoms with Crippen molar-refractivity contribution < 1.29 is 9.90 Å². The summed E-state index contributed by atoms with van der Waals surface area (Å²) in [6, 6.07) is 5.07. The monoisotopic (exact) mass is 339 g/mol. The van der Waals surface area contributed by atoms with Crippen molar-refractivity contribution in [2.45, 2.75) is 44.7 Å². The van der Waals surface area contributed by atoms with E-state index in [1.54, 1.807) is 12.1 Å². The molecule has 1 aromatic carbocycles. The number of nitrogens with zero attached hydrogens (tertiary/aromatic N) is 1. The lowest BCUT2D eigenvalue weighted by Crippen LogP contribution is -2.50. The molecule has 2 unspecified atom stereocenters. The highest BCUT2D eigenvalue weighted by Gasteiger charge is 2.28. The molecule has 1 aliphatic carbocycles. The summed E-state index contributed by atoms with van der Waals surface area (Å²) in [5.74, 6) is 0.768. The fraction of sp³-hybridized carbons (Fsp3) is 0.588. The fourth-order valence-corrected chi connectivity index (χ4v) is 3.04. The predicted molar refractivity (Wildman–Crippen MR) is 95.0 cm³/mol. The Morgan fingerprint density at radius 3 is 2.83 bits per heavy atom. The van der Waals surface area contributed by atoms with E-state index in [2.05, 4.69) is 10.2 Å². The Hall–Kier alpha value is -1.30. The van der Waals surface area contributed by atoms with Crippen molar-refractivity contribution in [1.29, 1.82) is 0 Å². The molecule has 0 spiro atoms. The number of anilines is 2. The Bertz CT molecular complexity index is 523. The van der Waals surface area contributed by atoms with Crippen LogP contribution in [0.5, 0.6) is 0 Å². The van der Waals surface area contributed by atoms with Gasteiger partial charge in [-0.3, -0.25) is 4.79 Å². The molecule has 0 aromatic heterocycles. The largest absolute Gasteiger partial charge is 0.394 e. The molecule has 5 nitrogen and oxygen atoms in total. The average molecular weight is 340 g/mol. The molecular weight excluding hydrogens is 314 g/mol. The van der Waals surface area contributed by atoms with E-state index in [1.807, 2.05) is 13.0 Å². The summed E-state index contributed by atoms with van der Waals surface area (Å²) in [7, 11) is 0. The molecule has 0 heterocycles. The number of carbonyl (C=O) groups is 1. The van der Waals surface area contributed by atoms with Gasteiger partial charge in [-0.2, -0.15) is 0 Å². The van der Waals surface area contributed by atoms with Crippen LogP contribution in [0.4, 0.5) is 11.4 Å². The van der Waals surface area contributed by atoms with Gasteiger partial charge in [0.2, 0.25) is 6.41 Å². The van der Waals surface area contributed by atoms with Gasteiger partial charge in [0.05, 0.1) is 24.0 Å². The number of halogens is 1. The maximum Gasteiger partial charge on any atom is 0.211 e. The second-order valence-corrected chi connectivity index (χ2v) is 6.61. The van der Waals surface area contributed by atoms with Gasteiger partial charge in [0.1, 0.15) is 0 Å². The van der Waals surface area contributed by atoms with Crippen molar-refractivity contribution in [2.24, 2.45) is 11.7 Å². The maximum absolute atomic E-state index is 10.9. The molecule has 2 rings (SSSR count). The topological polar surface area (TPSA) is 78.6 Å². The zero-order chi connectivity index (χ0) is 16.8. The van der Waals surface area contributed by atoms with Crippen LogP contribution in [-0.2, 0) is 4.79 Å². The van der Waals surface area contributed by atoms with Crippen LogP contribution in [-0.4, -0.2) is 36.8 Å². The Morgan fingerprint density at radius 1 is 1.52 bits per heavy atom. The number of amides is 1. The van der Waals surface area contributed by atoms with Crippen molar-refractivity contribution >= 4 is 29.4 Å². The van der Waals surface area contributed by atoms with Crippen LogP contribution in [0.25, 0.3) is 0 Å². The van der Waals surface area contributed by atoms with Crippen LogP contribution < -0.4 is 16.0 Å². The first kappa shape index (κ1) is 18.0. The number of nitrogens with one attached hydrogen (secondary N) is 1. The highest BCUT2D eigenvalue weighted by molar-refractivity contribution is 6.31. The molecule has 1 saturated carbocycles. The van der Waals surface area contributed by atoms with E-state index < -0.39 is 0 Å². The third-order valence-electron chi connectivity index (χ3n) is 4.51. The lowest BCUT2D eigenvalue weighted by Gasteiger charge is -2.37. The lowest BCUT2D eigenvalue weighted by molar-refractivity contribution is -0.105. The van der Waals surface area contributed by atoms with E-state index in [1.165, 1.54) is 12.8 Å². The zero-order valence-corrected chi connectivity index (χ0v) is 14.3. The fourth-order valence-electron chi connectivity index (χ4n) is 2.87. The molecule has 23 heavy (non-hydrogen) atoms. The van der Waals surface area contributed by atoms with Gasteiger partial charge < -0.3 is 21.1 Å². The first-order valence-electron chi connectivity index (χ1n) is 8.23. The molecule has 0 bridgehead atoms. The van der Waals surface area contributed by atoms with Crippen LogP contribution in [0.3, 0.4) is 0 Å². The summed E-state index contributed by atoms with van der Waals surface area (Å²) in [5, 5.41) is 13.1. The molecule has 1 aromatic rings. The van der Waals surface area contributed by atoms with Gasteiger partial charge >= 0.3 is 0 Å². The Morgan fingerprint density at radius 2 is 2.26 bits per heavy atom. The number of carbonyl (C=O) groups excluding carboxylic acids is 1. The van der Waals surface area contributed by atoms with Crippen LogP contribution in [0, 0.1) is 5.92 Å². The first-order valence-corrected chi connectivity index (χ1v) is 8.61. The summed E-state index contributed by atoms with van der Waals surface area (Å²) in [6.07, 6.45) is 5.03. The molecule has 0 saturated heterocycles. The van der Waals surface area contributed by atoms with Gasteiger partial charge in [-0.1, -0.05) is 31.4 Å². The maximum atomic E-state index is 10.9. The van der Waals surface area contributed by atoms with Crippen molar-refractivity contribution in [1.82, 2.24) is 0 Å². The molecule has 4 N–H and O–H groups in total. The summed E-state index contributed by atoms with van der Waals surface area (Å²) >= 11 is 6.05. The van der Waals surface area contributed by atoms with E-state index in [0.29, 0.717) is 17.1 Å². The standard InChI is InChI=1S/C17H26ClN3O2/c1-2-14(19)17(10-22)21(8-7-12-3-4-12)16-6-5-13(18)9-15(16)20-11-23/h5-6,9,11-12,14,17,22H,2-4,7-8,10,19H2,1H3,(H,20,23). The molecule has 1 aliphatic rings. The second-order valence-electron chi connectivity index (χ2n) is 6.17. The number of aliphatic hydroxyl groups excluding tert-OH is 1. The minimum Gasteiger partial charge on any atom is -0.394 e. The van der Waals surface area contributed by atoms with Crippen molar-refractivity contribution in [3.8, 4) is 0 Å². The van der Waals surface area contributed by atoms with Gasteiger partial charge in [0.15, 0.2) is 0 Å². The third-order valence-corrected chi connectivity index (χ3v) is 4.75. The number of hydrogen-bond acceptors (Lipinski definition) is 4. The summed E-state index contributed by atoms with van der Waals surface area (Å²) in [6.45, 7) is 2.79. The average Bonchev–Trinajstić information content (AvgIpc) is 3.36. The SMILES string of the molecule is CCC(N)C(CO)N(CCC1CC1)c1ccc(Cl)cc1NC=O. The Kier molecular flexibility index (Phi) is 6.69. The molecule has 128 valence electrons. The van der Waals surface area contributed by atoms with Gasteiger partial charge in [-0.05, 0) is 37.0 Å². The van der Waals surface area contributed by atoms with Gasteiger partial charge in [-0.25, -0.2) is 0 Å². The summed E-state index contributed by atoms with van der Waals surface area (Å²) < 4.78 is 0. The molecule has 2 atom stereocenters. The van der Waals surface area contributed by atoms with Gasteiger partial charge in [0, 0.05) is 17.6 Å². The molecule has 6 heteroatoms. The minimum atomic E-state index is -0.188. The number of aliphatic hydroxyl groups is 1. The number of nitrogens with two attached hydrogens (primary N) is 1. The van der Waals surface area contributed by atoms with Crippen LogP contribution in [0.1, 0.15) is 32.6 Å². The second kappa shape index (κ2) is 8.52. The molecular formula is C17H26ClN3O2. The highest BCUT2D eigenvalue weighted by atomic mass is 35.5. The van der Waals surface area contributed by atoms with Gasteiger partial charge in [-0.15, -0.1) is 0 Å². The Balaban J connectivity index is 2.32. The summed E-state index contributed by atoms with van der Waals surface area (Å²) in [5.41, 5.74) is 7.72. The summed E-state index contributed by atoms with van der Waals surface area (Å²) in [4.78, 5) is 13.0. The third kappa shape index (κ3) is 4.83. The quantitative estimate of drug-likeness (QED) is 0.572. The van der Waals surface area contributed by atoms with Crippen molar-refractivity contribution in [3.05, 3.63) is 23.2 Å².